The van der Waals surface area contributed by atoms with Crippen molar-refractivity contribution in [1.29, 1.82) is 0 Å². The number of nitrogens with zero attached hydrogens (tertiary/aromatic N) is 1. The molecule has 1 N–H and O–H groups in total. The third-order valence-electron chi connectivity index (χ3n) is 2.00. The van der Waals surface area contributed by atoms with Crippen LogP contribution >= 0.6 is 11.3 Å². The highest BCUT2D eigenvalue weighted by Gasteiger charge is 1.99. The molecule has 2 nitrogen and oxygen atoms in total. The first kappa shape index (κ1) is 6.20. The lowest BCUT2D eigenvalue weighted by Crippen LogP contribution is -1.68. The number of hydrogen-bond donors (Lipinski definition) is 1. The van der Waals surface area contributed by atoms with E-state index in [0.717, 1.165) is 11.0 Å². The normalized spacial score (nSPS) is 11.3. The molecule has 2 heterocycles. The Kier molecular flexibility index (Phi) is 1.07. The predicted molar refractivity (Wildman–Crippen MR) is 51.5 cm³/mol. The van der Waals surface area contributed by atoms with Gasteiger partial charge in [0.2, 0.25) is 0 Å². The molecule has 0 saturated carbocycles. The third-order valence-corrected chi connectivity index (χ3v) is 2.80. The van der Waals surface area contributed by atoms with Crippen LogP contribution in [0.15, 0.2) is 29.9 Å². The number of fused-ring (bicyclic) bond motifs is 2. The molecule has 0 aliphatic rings. The Balaban J connectivity index is 2.62. The number of rotatable bonds is 0. The van der Waals surface area contributed by atoms with Gasteiger partial charge in [-0.1, -0.05) is 0 Å². The Bertz CT molecular complexity index is 444. The molecule has 0 fully saturated rings. The van der Waals surface area contributed by atoms with Gasteiger partial charge in [0.25, 0.3) is 0 Å². The van der Waals surface area contributed by atoms with E-state index in [1.165, 1.54) is 10.1 Å². The second kappa shape index (κ2) is 2.08. The topological polar surface area (TPSA) is 28.7 Å². The molecule has 0 atom stereocenters. The van der Waals surface area contributed by atoms with Crippen molar-refractivity contribution in [2.75, 3.05) is 0 Å². The first-order chi connectivity index (χ1) is 5.93. The van der Waals surface area contributed by atoms with Gasteiger partial charge in [-0.25, -0.2) is 4.98 Å². The highest BCUT2D eigenvalue weighted by molar-refractivity contribution is 7.16. The van der Waals surface area contributed by atoms with Crippen LogP contribution in [0.25, 0.3) is 21.1 Å². The molecule has 2 aromatic heterocycles. The first-order valence-corrected chi connectivity index (χ1v) is 4.62. The fourth-order valence-corrected chi connectivity index (χ4v) is 2.11. The Morgan fingerprint density at radius 3 is 3.33 bits per heavy atom. The number of benzene rings is 1. The van der Waals surface area contributed by atoms with Crippen molar-refractivity contribution in [2.45, 2.75) is 0 Å². The number of aromatic nitrogens is 2. The summed E-state index contributed by atoms with van der Waals surface area (Å²) in [6.45, 7) is 0. The van der Waals surface area contributed by atoms with Crippen molar-refractivity contribution in [3.05, 3.63) is 29.9 Å². The molecule has 0 aliphatic carbocycles. The largest absolute Gasteiger partial charge is 0.361 e. The van der Waals surface area contributed by atoms with Crippen molar-refractivity contribution in [3.8, 4) is 0 Å². The van der Waals surface area contributed by atoms with Gasteiger partial charge >= 0.3 is 0 Å². The van der Waals surface area contributed by atoms with Crippen LogP contribution in [0, 0.1) is 0 Å². The van der Waals surface area contributed by atoms with Crippen molar-refractivity contribution in [2.24, 2.45) is 0 Å². The number of thiazole rings is 1. The summed E-state index contributed by atoms with van der Waals surface area (Å²) in [5.41, 5.74) is 4.12. The van der Waals surface area contributed by atoms with E-state index in [-0.39, 0.29) is 0 Å². The molecule has 3 aromatic rings. The van der Waals surface area contributed by atoms with Crippen LogP contribution in [0.1, 0.15) is 0 Å². The van der Waals surface area contributed by atoms with Crippen LogP contribution in [0.4, 0.5) is 0 Å². The lowest BCUT2D eigenvalue weighted by atomic mass is 10.2. The lowest BCUT2D eigenvalue weighted by Gasteiger charge is -1.88. The Labute approximate surface area is 72.9 Å². The number of nitrogens with one attached hydrogen (secondary N) is 1. The maximum absolute atomic E-state index is 4.25. The highest BCUT2D eigenvalue weighted by Crippen LogP contribution is 2.23. The molecular weight excluding hydrogens is 168 g/mol. The maximum Gasteiger partial charge on any atom is 0.0833 e. The van der Waals surface area contributed by atoms with Gasteiger partial charge in [0.15, 0.2) is 0 Å². The van der Waals surface area contributed by atoms with Gasteiger partial charge in [-0.3, -0.25) is 0 Å². The molecular formula is C9H6N2S. The SMILES string of the molecule is c1cc2cc3scnc3cc2[nH]1. The fourth-order valence-electron chi connectivity index (χ4n) is 1.40. The summed E-state index contributed by atoms with van der Waals surface area (Å²) >= 11 is 1.68. The minimum Gasteiger partial charge on any atom is -0.361 e. The van der Waals surface area contributed by atoms with E-state index >= 15 is 0 Å². The molecule has 12 heavy (non-hydrogen) atoms. The van der Waals surface area contributed by atoms with Crippen LogP contribution in [0.3, 0.4) is 0 Å². The minimum atomic E-state index is 1.08. The summed E-state index contributed by atoms with van der Waals surface area (Å²) in [5, 5.41) is 1.26. The average molecular weight is 174 g/mol. The molecule has 1 aromatic carbocycles. The van der Waals surface area contributed by atoms with Gasteiger partial charge in [0.05, 0.1) is 15.7 Å². The first-order valence-electron chi connectivity index (χ1n) is 3.74. The van der Waals surface area contributed by atoms with Crippen LogP contribution in [-0.2, 0) is 0 Å². The average Bonchev–Trinajstić information content (AvgIpc) is 2.64. The summed E-state index contributed by atoms with van der Waals surface area (Å²) < 4.78 is 1.25. The van der Waals surface area contributed by atoms with Gasteiger partial charge in [-0.2, -0.15) is 0 Å². The van der Waals surface area contributed by atoms with Crippen molar-refractivity contribution >= 4 is 32.5 Å². The summed E-state index contributed by atoms with van der Waals surface area (Å²) in [6.07, 6.45) is 1.95. The molecule has 0 unspecified atom stereocenters. The van der Waals surface area contributed by atoms with Gasteiger partial charge < -0.3 is 4.98 Å². The molecule has 0 aliphatic heterocycles. The van der Waals surface area contributed by atoms with E-state index in [2.05, 4.69) is 28.2 Å². The summed E-state index contributed by atoms with van der Waals surface area (Å²) in [5.74, 6) is 0. The summed E-state index contributed by atoms with van der Waals surface area (Å²) in [7, 11) is 0. The third kappa shape index (κ3) is 0.713. The quantitative estimate of drug-likeness (QED) is 0.557. The van der Waals surface area contributed by atoms with Crippen molar-refractivity contribution in [1.82, 2.24) is 9.97 Å². The molecule has 0 radical (unpaired) electrons. The standard InChI is InChI=1S/C9H6N2S/c1-2-10-7-4-8-9(3-6(1)7)12-5-11-8/h1-5,10H. The van der Waals surface area contributed by atoms with E-state index < -0.39 is 0 Å². The van der Waals surface area contributed by atoms with Crippen LogP contribution < -0.4 is 0 Å². The zero-order valence-electron chi connectivity index (χ0n) is 6.24. The van der Waals surface area contributed by atoms with Gasteiger partial charge in [0.1, 0.15) is 0 Å². The number of hydrogen-bond acceptors (Lipinski definition) is 2. The smallest absolute Gasteiger partial charge is 0.0833 e. The van der Waals surface area contributed by atoms with E-state index in [9.17, 15) is 0 Å². The second-order valence-corrected chi connectivity index (χ2v) is 3.62. The molecule has 0 amide bonds. The summed E-state index contributed by atoms with van der Waals surface area (Å²) in [4.78, 5) is 7.41. The van der Waals surface area contributed by atoms with E-state index in [4.69, 9.17) is 0 Å². The Morgan fingerprint density at radius 1 is 1.33 bits per heavy atom. The molecule has 3 heteroatoms. The molecule has 0 saturated heterocycles. The predicted octanol–water partition coefficient (Wildman–Crippen LogP) is 2.78. The van der Waals surface area contributed by atoms with E-state index in [0.29, 0.717) is 0 Å². The molecule has 0 bridgehead atoms. The van der Waals surface area contributed by atoms with Gasteiger partial charge in [-0.15, -0.1) is 11.3 Å². The van der Waals surface area contributed by atoms with Gasteiger partial charge in [-0.05, 0) is 18.2 Å². The number of aromatic amines is 1. The van der Waals surface area contributed by atoms with Crippen LogP contribution in [0.5, 0.6) is 0 Å². The lowest BCUT2D eigenvalue weighted by molar-refractivity contribution is 1.46. The number of H-pyrrole nitrogens is 1. The van der Waals surface area contributed by atoms with Crippen LogP contribution in [-0.4, -0.2) is 9.97 Å². The maximum atomic E-state index is 4.25. The summed E-state index contributed by atoms with van der Waals surface area (Å²) in [6, 6.07) is 6.33. The monoisotopic (exact) mass is 174 g/mol. The van der Waals surface area contributed by atoms with Crippen molar-refractivity contribution < 1.29 is 0 Å². The zero-order chi connectivity index (χ0) is 7.97. The fraction of sp³-hybridized carbons (Fsp3) is 0. The van der Waals surface area contributed by atoms with E-state index in [1.807, 2.05) is 11.7 Å². The molecule has 58 valence electrons. The Morgan fingerprint density at radius 2 is 2.33 bits per heavy atom. The molecule has 0 spiro atoms. The van der Waals surface area contributed by atoms with Gasteiger partial charge in [0, 0.05) is 17.1 Å². The minimum absolute atomic E-state index is 1.08. The second-order valence-electron chi connectivity index (χ2n) is 2.74. The van der Waals surface area contributed by atoms with E-state index in [1.54, 1.807) is 11.3 Å². The van der Waals surface area contributed by atoms with Crippen LogP contribution in [0.2, 0.25) is 0 Å². The highest BCUT2D eigenvalue weighted by atomic mass is 32.1. The Hall–Kier alpha value is -1.35. The van der Waals surface area contributed by atoms with Crippen molar-refractivity contribution in [3.63, 3.8) is 0 Å². The molecule has 3 rings (SSSR count). The zero-order valence-corrected chi connectivity index (χ0v) is 7.06.